The van der Waals surface area contributed by atoms with E-state index in [4.69, 9.17) is 9.47 Å². The van der Waals surface area contributed by atoms with Crippen LogP contribution in [-0.2, 0) is 11.3 Å². The van der Waals surface area contributed by atoms with Gasteiger partial charge in [0.15, 0.2) is 0 Å². The number of aromatic nitrogens is 2. The van der Waals surface area contributed by atoms with Crippen molar-refractivity contribution in [3.63, 3.8) is 0 Å². The minimum atomic E-state index is -0.154. The largest absolute Gasteiger partial charge is 0.494 e. The zero-order valence-corrected chi connectivity index (χ0v) is 15.3. The molecule has 1 aromatic carbocycles. The molecule has 1 aliphatic heterocycles. The fourth-order valence-corrected chi connectivity index (χ4v) is 2.93. The first kappa shape index (κ1) is 18.5. The summed E-state index contributed by atoms with van der Waals surface area (Å²) >= 11 is 0. The van der Waals surface area contributed by atoms with Crippen LogP contribution in [-0.4, -0.2) is 35.0 Å². The number of carbonyl (C=O) groups excluding carboxylic acids is 1. The molecule has 6 nitrogen and oxygen atoms in total. The summed E-state index contributed by atoms with van der Waals surface area (Å²) in [6, 6.07) is 7.20. The molecule has 1 saturated heterocycles. The lowest BCUT2D eigenvalue weighted by Gasteiger charge is -2.22. The standard InChI is InChI=1S/C20H27N3O3/c1-2-3-11-25-18-9-7-16(8-10-18)20(24)22-17-13-21-23(14-17)15-19-6-4-5-12-26-19/h7-10,13-14,19H,2-6,11-12,15H2,1H3,(H,22,24). The summed E-state index contributed by atoms with van der Waals surface area (Å²) in [5.74, 6) is 0.633. The Kier molecular flexibility index (Phi) is 6.66. The van der Waals surface area contributed by atoms with Gasteiger partial charge in [-0.05, 0) is 49.9 Å². The molecule has 1 fully saturated rings. The van der Waals surface area contributed by atoms with E-state index < -0.39 is 0 Å². The van der Waals surface area contributed by atoms with E-state index in [0.717, 1.165) is 44.6 Å². The Labute approximate surface area is 154 Å². The molecule has 0 spiro atoms. The number of anilines is 1. The first-order valence-electron chi connectivity index (χ1n) is 9.43. The van der Waals surface area contributed by atoms with Crippen molar-refractivity contribution >= 4 is 11.6 Å². The lowest BCUT2D eigenvalue weighted by molar-refractivity contribution is 0.00400. The predicted octanol–water partition coefficient (Wildman–Crippen LogP) is 3.88. The minimum Gasteiger partial charge on any atom is -0.494 e. The number of hydrogen-bond acceptors (Lipinski definition) is 4. The van der Waals surface area contributed by atoms with Crippen molar-refractivity contribution in [3.05, 3.63) is 42.2 Å². The molecule has 1 atom stereocenters. The molecule has 1 N–H and O–H groups in total. The molecular formula is C20H27N3O3. The van der Waals surface area contributed by atoms with Gasteiger partial charge in [-0.25, -0.2) is 0 Å². The van der Waals surface area contributed by atoms with Crippen LogP contribution in [0.25, 0.3) is 0 Å². The molecule has 6 heteroatoms. The Balaban J connectivity index is 1.51. The molecule has 26 heavy (non-hydrogen) atoms. The Morgan fingerprint density at radius 1 is 1.35 bits per heavy atom. The normalized spacial score (nSPS) is 17.0. The highest BCUT2D eigenvalue weighted by Crippen LogP contribution is 2.17. The first-order chi connectivity index (χ1) is 12.7. The topological polar surface area (TPSA) is 65.4 Å². The van der Waals surface area contributed by atoms with Gasteiger partial charge in [0.25, 0.3) is 5.91 Å². The maximum absolute atomic E-state index is 12.4. The van der Waals surface area contributed by atoms with Crippen LogP contribution >= 0.6 is 0 Å². The quantitative estimate of drug-likeness (QED) is 0.728. The molecule has 0 bridgehead atoms. The van der Waals surface area contributed by atoms with Gasteiger partial charge in [0, 0.05) is 18.4 Å². The van der Waals surface area contributed by atoms with Gasteiger partial charge in [-0.15, -0.1) is 0 Å². The second kappa shape index (κ2) is 9.38. The zero-order chi connectivity index (χ0) is 18.2. The number of rotatable bonds is 8. The third kappa shape index (κ3) is 5.33. The number of nitrogens with zero attached hydrogens (tertiary/aromatic N) is 2. The summed E-state index contributed by atoms with van der Waals surface area (Å²) in [6.45, 7) is 4.38. The van der Waals surface area contributed by atoms with E-state index in [1.165, 1.54) is 6.42 Å². The number of ether oxygens (including phenoxy) is 2. The van der Waals surface area contributed by atoms with E-state index in [0.29, 0.717) is 17.9 Å². The van der Waals surface area contributed by atoms with Crippen molar-refractivity contribution in [2.24, 2.45) is 0 Å². The number of nitrogens with one attached hydrogen (secondary N) is 1. The average molecular weight is 357 g/mol. The van der Waals surface area contributed by atoms with Crippen LogP contribution in [0.3, 0.4) is 0 Å². The van der Waals surface area contributed by atoms with Gasteiger partial charge in [-0.1, -0.05) is 13.3 Å². The highest BCUT2D eigenvalue weighted by Gasteiger charge is 2.15. The SMILES string of the molecule is CCCCOc1ccc(C(=O)Nc2cnn(CC3CCCCO3)c2)cc1. The van der Waals surface area contributed by atoms with E-state index in [1.54, 1.807) is 18.3 Å². The number of carbonyl (C=O) groups is 1. The number of benzene rings is 1. The highest BCUT2D eigenvalue weighted by atomic mass is 16.5. The summed E-state index contributed by atoms with van der Waals surface area (Å²) in [6.07, 6.45) is 9.26. The molecule has 1 amide bonds. The summed E-state index contributed by atoms with van der Waals surface area (Å²) in [7, 11) is 0. The van der Waals surface area contributed by atoms with Crippen molar-refractivity contribution in [3.8, 4) is 5.75 Å². The van der Waals surface area contributed by atoms with Crippen molar-refractivity contribution in [1.82, 2.24) is 9.78 Å². The van der Waals surface area contributed by atoms with Crippen LogP contribution in [0.2, 0.25) is 0 Å². The third-order valence-electron chi connectivity index (χ3n) is 4.44. The zero-order valence-electron chi connectivity index (χ0n) is 15.3. The molecule has 0 radical (unpaired) electrons. The van der Waals surface area contributed by atoms with E-state index in [2.05, 4.69) is 17.3 Å². The molecule has 0 aliphatic carbocycles. The van der Waals surface area contributed by atoms with E-state index >= 15 is 0 Å². The minimum absolute atomic E-state index is 0.154. The lowest BCUT2D eigenvalue weighted by atomic mass is 10.1. The highest BCUT2D eigenvalue weighted by molar-refractivity contribution is 6.04. The Morgan fingerprint density at radius 2 is 2.19 bits per heavy atom. The van der Waals surface area contributed by atoms with Crippen LogP contribution in [0, 0.1) is 0 Å². The number of hydrogen-bond donors (Lipinski definition) is 1. The average Bonchev–Trinajstić information content (AvgIpc) is 3.10. The second-order valence-corrected chi connectivity index (χ2v) is 6.62. The summed E-state index contributed by atoms with van der Waals surface area (Å²) in [5.41, 5.74) is 1.28. The van der Waals surface area contributed by atoms with Gasteiger partial charge < -0.3 is 14.8 Å². The fraction of sp³-hybridized carbons (Fsp3) is 0.500. The number of amides is 1. The van der Waals surface area contributed by atoms with E-state index in [1.807, 2.05) is 23.0 Å². The predicted molar refractivity (Wildman–Crippen MR) is 101 cm³/mol. The molecule has 3 rings (SSSR count). The molecule has 2 heterocycles. The van der Waals surface area contributed by atoms with Gasteiger partial charge >= 0.3 is 0 Å². The number of unbranched alkanes of at least 4 members (excludes halogenated alkanes) is 1. The lowest BCUT2D eigenvalue weighted by Crippen LogP contribution is -2.24. The fourth-order valence-electron chi connectivity index (χ4n) is 2.93. The molecule has 2 aromatic rings. The maximum atomic E-state index is 12.4. The van der Waals surface area contributed by atoms with Crippen LogP contribution < -0.4 is 10.1 Å². The Morgan fingerprint density at radius 3 is 2.92 bits per heavy atom. The van der Waals surface area contributed by atoms with Crippen molar-refractivity contribution in [1.29, 1.82) is 0 Å². The third-order valence-corrected chi connectivity index (χ3v) is 4.44. The Bertz CT molecular complexity index is 691. The summed E-state index contributed by atoms with van der Waals surface area (Å²) in [4.78, 5) is 12.4. The molecular weight excluding hydrogens is 330 g/mol. The van der Waals surface area contributed by atoms with Crippen LogP contribution in [0.4, 0.5) is 5.69 Å². The van der Waals surface area contributed by atoms with Crippen LogP contribution in [0.5, 0.6) is 5.75 Å². The van der Waals surface area contributed by atoms with Crippen LogP contribution in [0.15, 0.2) is 36.7 Å². The van der Waals surface area contributed by atoms with Gasteiger partial charge in [-0.2, -0.15) is 5.10 Å². The first-order valence-corrected chi connectivity index (χ1v) is 9.43. The molecule has 0 saturated carbocycles. The van der Waals surface area contributed by atoms with E-state index in [-0.39, 0.29) is 12.0 Å². The van der Waals surface area contributed by atoms with Crippen molar-refractivity contribution in [2.75, 3.05) is 18.5 Å². The summed E-state index contributed by atoms with van der Waals surface area (Å²) in [5, 5.41) is 7.20. The molecule has 1 aliphatic rings. The van der Waals surface area contributed by atoms with Gasteiger partial charge in [-0.3, -0.25) is 9.48 Å². The van der Waals surface area contributed by atoms with Gasteiger partial charge in [0.1, 0.15) is 5.75 Å². The van der Waals surface area contributed by atoms with Crippen molar-refractivity contribution in [2.45, 2.75) is 51.7 Å². The van der Waals surface area contributed by atoms with Gasteiger partial charge in [0.2, 0.25) is 0 Å². The van der Waals surface area contributed by atoms with E-state index in [9.17, 15) is 4.79 Å². The monoisotopic (exact) mass is 357 g/mol. The summed E-state index contributed by atoms with van der Waals surface area (Å²) < 4.78 is 13.2. The Hall–Kier alpha value is -2.34. The molecule has 1 unspecified atom stereocenters. The maximum Gasteiger partial charge on any atom is 0.255 e. The van der Waals surface area contributed by atoms with Crippen molar-refractivity contribution < 1.29 is 14.3 Å². The molecule has 140 valence electrons. The smallest absolute Gasteiger partial charge is 0.255 e. The van der Waals surface area contributed by atoms with Crippen LogP contribution in [0.1, 0.15) is 49.4 Å². The second-order valence-electron chi connectivity index (χ2n) is 6.62. The molecule has 1 aromatic heterocycles. The van der Waals surface area contributed by atoms with Gasteiger partial charge in [0.05, 0.1) is 31.1 Å².